The van der Waals surface area contributed by atoms with Crippen molar-refractivity contribution in [3.63, 3.8) is 0 Å². The fourth-order valence-electron chi connectivity index (χ4n) is 7.53. The smallest absolute Gasteiger partial charge is 0.744 e. The van der Waals surface area contributed by atoms with Crippen molar-refractivity contribution in [2.45, 2.75) is 29.4 Å². The molecule has 0 aliphatic heterocycles. The van der Waals surface area contributed by atoms with Gasteiger partial charge in [-0.3, -0.25) is 0 Å². The molecule has 0 atom stereocenters. The molecule has 36 heteroatoms. The van der Waals surface area contributed by atoms with Gasteiger partial charge in [-0.05, 0) is 82.9 Å². The summed E-state index contributed by atoms with van der Waals surface area (Å²) in [6.45, 7) is 0. The van der Waals surface area contributed by atoms with E-state index in [1.54, 1.807) is 24.3 Å². The fourth-order valence-corrected chi connectivity index (χ4v) is 11.5. The summed E-state index contributed by atoms with van der Waals surface area (Å²) in [6.07, 6.45) is 5.54. The second-order valence-corrected chi connectivity index (χ2v) is 23.5. The molecule has 0 N–H and O–H groups in total. The molecule has 78 heavy (non-hydrogen) atoms. The maximum absolute atomic E-state index is 12.5. The molecule has 0 saturated carbocycles. The van der Waals surface area contributed by atoms with Gasteiger partial charge in [0.2, 0.25) is 0 Å². The Hall–Kier alpha value is -1.20. The van der Waals surface area contributed by atoms with Gasteiger partial charge in [-0.1, -0.05) is 72.8 Å². The minimum absolute atomic E-state index is 0. The molecule has 0 aliphatic rings. The third-order valence-corrected chi connectivity index (χ3v) is 16.0. The SMILES string of the molecule is O=S(=O)([O-])c1cc(S(=O)(=O)[O-])c2ccc3nn(-c4ccc(/C=C/c5ccc(/C=C/c6ccc(-n7nc8ccc9c(S(=O)(=O)[O-])cc(S(=O)(=O)[O-])cc9c8n7)cc6S(=O)(=O)[O-])cc5)c(S(=O)(=O)[O-])c4)nc3c2c1.[Na+].[Na+].[Na+].[Na+].[Na+].[Na+]. The number of aromatic nitrogens is 6. The summed E-state index contributed by atoms with van der Waals surface area (Å²) in [4.78, 5) is -3.79. The molecule has 24 nitrogen and oxygen atoms in total. The number of nitrogens with zero attached hydrogens (tertiary/aromatic N) is 6. The zero-order chi connectivity index (χ0) is 52.1. The van der Waals surface area contributed by atoms with Crippen LogP contribution in [-0.2, 0) is 60.7 Å². The summed E-state index contributed by atoms with van der Waals surface area (Å²) in [6, 6.07) is 20.6. The van der Waals surface area contributed by atoms with Gasteiger partial charge in [-0.2, -0.15) is 9.59 Å². The van der Waals surface area contributed by atoms with Gasteiger partial charge < -0.3 is 27.3 Å². The molecule has 2 heterocycles. The van der Waals surface area contributed by atoms with Gasteiger partial charge in [-0.25, -0.2) is 50.5 Å². The maximum Gasteiger partial charge on any atom is 1.00 e. The van der Waals surface area contributed by atoms with Crippen molar-refractivity contribution >= 4 is 129 Å². The maximum atomic E-state index is 12.5. The van der Waals surface area contributed by atoms with E-state index >= 15 is 0 Å². The van der Waals surface area contributed by atoms with Crippen molar-refractivity contribution in [2.75, 3.05) is 0 Å². The molecule has 7 aromatic carbocycles. The van der Waals surface area contributed by atoms with E-state index in [4.69, 9.17) is 0 Å². The first-order valence-corrected chi connectivity index (χ1v) is 28.1. The molecule has 0 spiro atoms. The average molecular weight is 1230 g/mol. The molecule has 0 fully saturated rings. The largest absolute Gasteiger partial charge is 1.00 e. The Labute approximate surface area is 576 Å². The average Bonchev–Trinajstić information content (AvgIpc) is 3.94. The summed E-state index contributed by atoms with van der Waals surface area (Å²) in [7, 11) is -31.5. The summed E-state index contributed by atoms with van der Waals surface area (Å²) in [5.74, 6) is 0. The molecule has 0 radical (unpaired) electrons. The first kappa shape index (κ1) is 71.1. The van der Waals surface area contributed by atoms with Crippen LogP contribution in [0.2, 0.25) is 0 Å². The molecule has 0 aliphatic carbocycles. The summed E-state index contributed by atoms with van der Waals surface area (Å²) >= 11 is 0. The molecule has 9 aromatic rings. The molecule has 9 rings (SSSR count). The molecule has 0 amide bonds. The van der Waals surface area contributed by atoms with E-state index in [2.05, 4.69) is 20.4 Å². The fraction of sp³-hybridized carbons (Fsp3) is 0. The first-order chi connectivity index (χ1) is 33.4. The number of hydrogen-bond acceptors (Lipinski definition) is 22. The van der Waals surface area contributed by atoms with Crippen LogP contribution < -0.4 is 177 Å². The quantitative estimate of drug-likeness (QED) is 0.0623. The molecule has 0 bridgehead atoms. The van der Waals surface area contributed by atoms with Crippen LogP contribution in [0.4, 0.5) is 0 Å². The van der Waals surface area contributed by atoms with Gasteiger partial charge in [-0.15, -0.1) is 20.4 Å². The minimum atomic E-state index is -5.30. The van der Waals surface area contributed by atoms with E-state index in [0.717, 1.165) is 46.0 Å². The zero-order valence-corrected chi connectivity index (χ0v) is 58.1. The zero-order valence-electron chi connectivity index (χ0n) is 41.2. The molecule has 0 unspecified atom stereocenters. The van der Waals surface area contributed by atoms with Crippen molar-refractivity contribution in [3.8, 4) is 11.4 Å². The predicted molar refractivity (Wildman–Crippen MR) is 245 cm³/mol. The molecule has 0 saturated heterocycles. The summed E-state index contributed by atoms with van der Waals surface area (Å²) < 4.78 is 218. The van der Waals surface area contributed by atoms with Crippen LogP contribution in [0.1, 0.15) is 22.3 Å². The van der Waals surface area contributed by atoms with Gasteiger partial charge in [0.1, 0.15) is 82.8 Å². The van der Waals surface area contributed by atoms with Crippen molar-refractivity contribution in [3.05, 3.63) is 131 Å². The second kappa shape index (κ2) is 26.4. The Morgan fingerprint density at radius 1 is 0.321 bits per heavy atom. The van der Waals surface area contributed by atoms with Crippen LogP contribution in [-0.4, -0.2) is 108 Å². The van der Waals surface area contributed by atoms with Crippen molar-refractivity contribution in [1.82, 2.24) is 30.0 Å². The van der Waals surface area contributed by atoms with Crippen LogP contribution in [0, 0.1) is 0 Å². The number of benzene rings is 7. The number of hydrogen-bond donors (Lipinski definition) is 0. The predicted octanol–water partition coefficient (Wildman–Crippen LogP) is -14.7. The van der Waals surface area contributed by atoms with Crippen LogP contribution in [0.5, 0.6) is 0 Å². The van der Waals surface area contributed by atoms with Gasteiger partial charge in [0.05, 0.1) is 40.7 Å². The number of rotatable bonds is 12. The second-order valence-electron chi connectivity index (χ2n) is 15.4. The minimum Gasteiger partial charge on any atom is -0.744 e. The van der Waals surface area contributed by atoms with Gasteiger partial charge >= 0.3 is 177 Å². The van der Waals surface area contributed by atoms with Gasteiger partial charge in [0, 0.05) is 21.5 Å². The molecule has 370 valence electrons. The van der Waals surface area contributed by atoms with Crippen molar-refractivity contribution in [2.24, 2.45) is 0 Å². The van der Waals surface area contributed by atoms with Crippen LogP contribution in [0.25, 0.3) is 79.3 Å². The van der Waals surface area contributed by atoms with E-state index in [-0.39, 0.29) is 243 Å². The summed E-state index contributed by atoms with van der Waals surface area (Å²) in [5.41, 5.74) is 0.250. The third-order valence-electron chi connectivity index (χ3n) is 10.8. The van der Waals surface area contributed by atoms with Crippen LogP contribution >= 0.6 is 0 Å². The molecular formula is C42H22N6Na6O18S6. The van der Waals surface area contributed by atoms with E-state index in [0.29, 0.717) is 23.3 Å². The Morgan fingerprint density at radius 3 is 0.936 bits per heavy atom. The Bertz CT molecular complexity index is 4350. The van der Waals surface area contributed by atoms with Crippen LogP contribution in [0.15, 0.2) is 139 Å². The van der Waals surface area contributed by atoms with Gasteiger partial charge in [0.25, 0.3) is 0 Å². The molecule has 2 aromatic heterocycles. The van der Waals surface area contributed by atoms with Crippen LogP contribution in [0.3, 0.4) is 0 Å². The Balaban J connectivity index is 0.00000267. The Morgan fingerprint density at radius 2 is 0.641 bits per heavy atom. The van der Waals surface area contributed by atoms with E-state index < -0.39 is 90.1 Å². The monoisotopic (exact) mass is 1230 g/mol. The van der Waals surface area contributed by atoms with Crippen molar-refractivity contribution < 1.29 is 255 Å². The van der Waals surface area contributed by atoms with Crippen molar-refractivity contribution in [1.29, 1.82) is 0 Å². The number of fused-ring (bicyclic) bond motifs is 6. The van der Waals surface area contributed by atoms with E-state index in [9.17, 15) is 77.8 Å². The van der Waals surface area contributed by atoms with E-state index in [1.807, 2.05) is 0 Å². The first-order valence-electron chi connectivity index (χ1n) is 19.6. The normalized spacial score (nSPS) is 12.4. The standard InChI is InChI=1S/C42H28N6O18S6.6Na/c49-67(50,51)29-19-33-31(39(21-29)71(61,62)63)13-15-35-41(33)45-47(43-35)27-11-9-25(37(17-27)69(55,56)57)7-5-23-1-2-24(4-3-23)6-8-26-10-12-28(18-38(26)70(58,59)60)48-44-36-16-14-32-34(42(36)46-48)20-30(68(52,53)54)22-40(32)72(64,65)66;;;;;;/h1-22H,(H,49,50,51)(H,52,53,54)(H,55,56,57)(H,58,59,60)(H,61,62,63)(H,64,65,66);;;;;;/q;6*+1/p-6/b7-5+,8-6+;;;;;;. The Kier molecular flexibility index (Phi) is 24.0. The summed E-state index contributed by atoms with van der Waals surface area (Å²) in [5, 5.41) is 15.8. The third kappa shape index (κ3) is 15.4. The molecular weight excluding hydrogens is 1210 g/mol. The topological polar surface area (TPSA) is 405 Å². The van der Waals surface area contributed by atoms with Gasteiger partial charge in [0.15, 0.2) is 0 Å². The van der Waals surface area contributed by atoms with E-state index in [1.165, 1.54) is 60.7 Å².